The second-order valence-corrected chi connectivity index (χ2v) is 12.5. The SMILES string of the molecule is CC(C)(C)OC(=O)N1CCC(C(=O)NC(c2ccc(S(C)(=O)=O)cc2)c2ccc3c(c2)CCO3)CC1. The minimum Gasteiger partial charge on any atom is -0.493 e. The normalized spacial score (nSPS) is 17.2. The van der Waals surface area contributed by atoms with Crippen LogP contribution in [0.3, 0.4) is 0 Å². The highest BCUT2D eigenvalue weighted by molar-refractivity contribution is 7.90. The molecule has 36 heavy (non-hydrogen) atoms. The molecule has 1 atom stereocenters. The quantitative estimate of drug-likeness (QED) is 0.650. The van der Waals surface area contributed by atoms with Crippen molar-refractivity contribution >= 4 is 21.8 Å². The van der Waals surface area contributed by atoms with Crippen LogP contribution in [0.5, 0.6) is 5.75 Å². The summed E-state index contributed by atoms with van der Waals surface area (Å²) in [6.07, 6.45) is 2.71. The van der Waals surface area contributed by atoms with Gasteiger partial charge >= 0.3 is 6.09 Å². The molecule has 0 bridgehead atoms. The zero-order valence-corrected chi connectivity index (χ0v) is 22.1. The van der Waals surface area contributed by atoms with E-state index in [1.165, 1.54) is 6.26 Å². The van der Waals surface area contributed by atoms with E-state index >= 15 is 0 Å². The third kappa shape index (κ3) is 6.19. The van der Waals surface area contributed by atoms with E-state index in [9.17, 15) is 18.0 Å². The number of fused-ring (bicyclic) bond motifs is 1. The van der Waals surface area contributed by atoms with Crippen LogP contribution in [0.15, 0.2) is 47.4 Å². The van der Waals surface area contributed by atoms with Crippen molar-refractivity contribution < 1.29 is 27.5 Å². The number of sulfone groups is 1. The zero-order valence-electron chi connectivity index (χ0n) is 21.2. The van der Waals surface area contributed by atoms with E-state index in [0.717, 1.165) is 28.9 Å². The molecule has 0 aromatic heterocycles. The van der Waals surface area contributed by atoms with Crippen molar-refractivity contribution in [3.63, 3.8) is 0 Å². The van der Waals surface area contributed by atoms with E-state index in [-0.39, 0.29) is 22.8 Å². The summed E-state index contributed by atoms with van der Waals surface area (Å²) in [5, 5.41) is 3.19. The molecule has 1 N–H and O–H groups in total. The fourth-order valence-electron chi connectivity index (χ4n) is 4.56. The lowest BCUT2D eigenvalue weighted by Crippen LogP contribution is -2.45. The second-order valence-electron chi connectivity index (χ2n) is 10.5. The summed E-state index contributed by atoms with van der Waals surface area (Å²) in [7, 11) is -3.33. The van der Waals surface area contributed by atoms with E-state index in [4.69, 9.17) is 9.47 Å². The Labute approximate surface area is 212 Å². The predicted octanol–water partition coefficient (Wildman–Crippen LogP) is 3.88. The largest absolute Gasteiger partial charge is 0.493 e. The van der Waals surface area contributed by atoms with Gasteiger partial charge in [0.05, 0.1) is 17.5 Å². The molecule has 4 rings (SSSR count). The summed E-state index contributed by atoms with van der Waals surface area (Å²) in [5.41, 5.74) is 2.23. The summed E-state index contributed by atoms with van der Waals surface area (Å²) in [4.78, 5) is 27.6. The van der Waals surface area contributed by atoms with Gasteiger partial charge in [-0.25, -0.2) is 13.2 Å². The first-order valence-corrected chi connectivity index (χ1v) is 14.1. The Hall–Kier alpha value is -3.07. The van der Waals surface area contributed by atoms with Gasteiger partial charge in [0.2, 0.25) is 5.91 Å². The Morgan fingerprint density at radius 3 is 2.31 bits per heavy atom. The van der Waals surface area contributed by atoms with Gasteiger partial charge in [-0.15, -0.1) is 0 Å². The number of nitrogens with one attached hydrogen (secondary N) is 1. The number of carbonyl (C=O) groups is 2. The summed E-state index contributed by atoms with van der Waals surface area (Å²) in [5.74, 6) is 0.526. The fraction of sp³-hybridized carbons (Fsp3) is 0.481. The van der Waals surface area contributed by atoms with Crippen molar-refractivity contribution in [3.8, 4) is 5.75 Å². The zero-order chi connectivity index (χ0) is 26.1. The number of hydrogen-bond acceptors (Lipinski definition) is 6. The van der Waals surface area contributed by atoms with Gasteiger partial charge in [0.15, 0.2) is 9.84 Å². The van der Waals surface area contributed by atoms with Gasteiger partial charge in [0.1, 0.15) is 11.4 Å². The molecule has 2 heterocycles. The van der Waals surface area contributed by atoms with Crippen molar-refractivity contribution in [1.29, 1.82) is 0 Å². The minimum atomic E-state index is -3.33. The van der Waals surface area contributed by atoms with Gasteiger partial charge in [-0.2, -0.15) is 0 Å². The molecule has 0 radical (unpaired) electrons. The number of hydrogen-bond donors (Lipinski definition) is 1. The second kappa shape index (κ2) is 10.1. The molecule has 9 heteroatoms. The van der Waals surface area contributed by atoms with Crippen LogP contribution in [-0.4, -0.2) is 56.9 Å². The highest BCUT2D eigenvalue weighted by atomic mass is 32.2. The number of likely N-dealkylation sites (tertiary alicyclic amines) is 1. The number of ether oxygens (including phenoxy) is 2. The maximum absolute atomic E-state index is 13.4. The number of piperidine rings is 1. The molecular formula is C27H34N2O6S. The summed E-state index contributed by atoms with van der Waals surface area (Å²) >= 11 is 0. The molecule has 1 fully saturated rings. The molecule has 1 saturated heterocycles. The van der Waals surface area contributed by atoms with E-state index in [1.54, 1.807) is 29.2 Å². The fourth-order valence-corrected chi connectivity index (χ4v) is 5.19. The van der Waals surface area contributed by atoms with Gasteiger partial charge in [-0.3, -0.25) is 4.79 Å². The third-order valence-electron chi connectivity index (χ3n) is 6.49. The molecular weight excluding hydrogens is 480 g/mol. The molecule has 0 spiro atoms. The Kier molecular flexibility index (Phi) is 7.31. The molecule has 2 aromatic carbocycles. The van der Waals surface area contributed by atoms with Crippen LogP contribution in [0.2, 0.25) is 0 Å². The van der Waals surface area contributed by atoms with Crippen molar-refractivity contribution in [2.24, 2.45) is 5.92 Å². The van der Waals surface area contributed by atoms with Gasteiger partial charge in [-0.1, -0.05) is 18.2 Å². The molecule has 2 aliphatic heterocycles. The van der Waals surface area contributed by atoms with Gasteiger partial charge < -0.3 is 19.7 Å². The Morgan fingerprint density at radius 1 is 1.06 bits per heavy atom. The van der Waals surface area contributed by atoms with E-state index < -0.39 is 21.5 Å². The molecule has 8 nitrogen and oxygen atoms in total. The lowest BCUT2D eigenvalue weighted by Gasteiger charge is -2.33. The topological polar surface area (TPSA) is 102 Å². The van der Waals surface area contributed by atoms with Gasteiger partial charge in [0.25, 0.3) is 0 Å². The Morgan fingerprint density at radius 2 is 1.69 bits per heavy atom. The predicted molar refractivity (Wildman–Crippen MR) is 136 cm³/mol. The first-order chi connectivity index (χ1) is 16.9. The molecule has 2 aromatic rings. The Bertz CT molecular complexity index is 1230. The highest BCUT2D eigenvalue weighted by Crippen LogP contribution is 2.32. The van der Waals surface area contributed by atoms with Crippen LogP contribution in [0.25, 0.3) is 0 Å². The summed E-state index contributed by atoms with van der Waals surface area (Å²) in [6.45, 7) is 7.04. The maximum atomic E-state index is 13.4. The molecule has 194 valence electrons. The maximum Gasteiger partial charge on any atom is 0.410 e. The van der Waals surface area contributed by atoms with E-state index in [2.05, 4.69) is 5.32 Å². The van der Waals surface area contributed by atoms with Crippen molar-refractivity contribution in [2.75, 3.05) is 26.0 Å². The molecule has 1 unspecified atom stereocenters. The summed E-state index contributed by atoms with van der Waals surface area (Å²) in [6, 6.07) is 12.1. The van der Waals surface area contributed by atoms with E-state index in [0.29, 0.717) is 32.5 Å². The van der Waals surface area contributed by atoms with Gasteiger partial charge in [-0.05, 0) is 74.6 Å². The number of rotatable bonds is 5. The van der Waals surface area contributed by atoms with Crippen LogP contribution in [0.4, 0.5) is 4.79 Å². The van der Waals surface area contributed by atoms with Gasteiger partial charge in [0, 0.05) is 31.7 Å². The molecule has 2 aliphatic rings. The number of nitrogens with zero attached hydrogens (tertiary/aromatic N) is 1. The summed E-state index contributed by atoms with van der Waals surface area (Å²) < 4.78 is 34.9. The first-order valence-electron chi connectivity index (χ1n) is 12.2. The van der Waals surface area contributed by atoms with Crippen LogP contribution in [-0.2, 0) is 25.8 Å². The smallest absolute Gasteiger partial charge is 0.410 e. The third-order valence-corrected chi connectivity index (χ3v) is 7.62. The lowest BCUT2D eigenvalue weighted by atomic mass is 9.93. The average Bonchev–Trinajstić information content (AvgIpc) is 3.29. The monoisotopic (exact) mass is 514 g/mol. The van der Waals surface area contributed by atoms with Crippen molar-refractivity contribution in [1.82, 2.24) is 10.2 Å². The van der Waals surface area contributed by atoms with Crippen LogP contribution in [0.1, 0.15) is 56.3 Å². The molecule has 0 aliphatic carbocycles. The van der Waals surface area contributed by atoms with Crippen molar-refractivity contribution in [3.05, 3.63) is 59.2 Å². The average molecular weight is 515 g/mol. The van der Waals surface area contributed by atoms with Crippen LogP contribution < -0.4 is 10.1 Å². The molecule has 0 saturated carbocycles. The minimum absolute atomic E-state index is 0.0900. The Balaban J connectivity index is 1.51. The molecule has 2 amide bonds. The van der Waals surface area contributed by atoms with Crippen molar-refractivity contribution in [2.45, 2.75) is 56.6 Å². The van der Waals surface area contributed by atoms with E-state index in [1.807, 2.05) is 39.0 Å². The first kappa shape index (κ1) is 26.0. The van der Waals surface area contributed by atoms with Crippen LogP contribution >= 0.6 is 0 Å². The number of benzene rings is 2. The highest BCUT2D eigenvalue weighted by Gasteiger charge is 2.31. The lowest BCUT2D eigenvalue weighted by molar-refractivity contribution is -0.127. The standard InChI is InChI=1S/C27H34N2O6S/c1-27(2,3)35-26(31)29-14-11-19(12-15-29)25(30)28-24(18-5-8-22(9-6-18)36(4,32)33)21-7-10-23-20(17-21)13-16-34-23/h5-10,17,19,24H,11-16H2,1-4H3,(H,28,30). The number of amides is 2. The number of carbonyl (C=O) groups excluding carboxylic acids is 2. The van der Waals surface area contributed by atoms with Crippen LogP contribution in [0, 0.1) is 5.92 Å².